The quantitative estimate of drug-likeness (QED) is 0.555. The number of piperidine rings is 1. The molecule has 5 nitrogen and oxygen atoms in total. The molecule has 5 rings (SSSR count). The second-order valence-corrected chi connectivity index (χ2v) is 10.7. The zero-order valence-corrected chi connectivity index (χ0v) is 19.4. The highest BCUT2D eigenvalue weighted by atomic mass is 32.2. The molecule has 1 fully saturated rings. The predicted octanol–water partition coefficient (Wildman–Crippen LogP) is 5.36. The van der Waals surface area contributed by atoms with E-state index in [0.717, 1.165) is 35.1 Å². The molecule has 0 bridgehead atoms. The number of aromatic nitrogens is 3. The van der Waals surface area contributed by atoms with E-state index in [1.807, 2.05) is 36.2 Å². The zero-order chi connectivity index (χ0) is 21.4. The van der Waals surface area contributed by atoms with Crippen molar-refractivity contribution in [1.29, 1.82) is 0 Å². The van der Waals surface area contributed by atoms with Crippen LogP contribution in [0, 0.1) is 0 Å². The van der Waals surface area contributed by atoms with Gasteiger partial charge in [-0.3, -0.25) is 9.88 Å². The summed E-state index contributed by atoms with van der Waals surface area (Å²) in [5, 5.41) is 0.659. The molecule has 0 aliphatic carbocycles. The van der Waals surface area contributed by atoms with Crippen LogP contribution in [0.15, 0.2) is 53.7 Å². The lowest BCUT2D eigenvalue weighted by atomic mass is 10.0. The van der Waals surface area contributed by atoms with Crippen molar-refractivity contribution in [3.05, 3.63) is 48.8 Å². The van der Waals surface area contributed by atoms with Crippen LogP contribution in [0.5, 0.6) is 5.75 Å². The third-order valence-electron chi connectivity index (χ3n) is 6.18. The molecule has 0 atom stereocenters. The molecule has 2 aromatic heterocycles. The van der Waals surface area contributed by atoms with Crippen molar-refractivity contribution in [3.8, 4) is 28.5 Å². The first-order valence-corrected chi connectivity index (χ1v) is 12.0. The summed E-state index contributed by atoms with van der Waals surface area (Å²) < 4.78 is 8.24. The second kappa shape index (κ2) is 8.32. The molecule has 2 aliphatic heterocycles. The van der Waals surface area contributed by atoms with E-state index >= 15 is 0 Å². The molecule has 1 saturated heterocycles. The van der Waals surface area contributed by atoms with E-state index < -0.39 is 0 Å². The average molecular weight is 435 g/mol. The highest BCUT2D eigenvalue weighted by molar-refractivity contribution is 8.00. The fraction of sp³-hybridized carbons (Fsp3) is 0.440. The van der Waals surface area contributed by atoms with Crippen LogP contribution in [0.1, 0.15) is 33.6 Å². The number of imidazole rings is 1. The summed E-state index contributed by atoms with van der Waals surface area (Å²) in [5.74, 6) is 1.89. The van der Waals surface area contributed by atoms with Crippen molar-refractivity contribution < 1.29 is 4.74 Å². The SMILES string of the molecule is CC(C)(C)N1CCC(Sc2ccc3c(c2)-c2nc(-c4ccccn4)cn2CCO3)CC1. The first-order valence-electron chi connectivity index (χ1n) is 11.1. The van der Waals surface area contributed by atoms with Gasteiger partial charge in [0.15, 0.2) is 0 Å². The Hall–Kier alpha value is -2.31. The summed E-state index contributed by atoms with van der Waals surface area (Å²) in [5.41, 5.74) is 3.16. The number of likely N-dealkylation sites (tertiary alicyclic amines) is 1. The molecule has 0 saturated carbocycles. The normalized spacial score (nSPS) is 17.5. The molecule has 0 radical (unpaired) electrons. The molecule has 3 aromatic rings. The van der Waals surface area contributed by atoms with E-state index in [2.05, 4.69) is 59.6 Å². The number of fused-ring (bicyclic) bond motifs is 3. The third kappa shape index (κ3) is 4.37. The lowest BCUT2D eigenvalue weighted by Gasteiger charge is -2.40. The smallest absolute Gasteiger partial charge is 0.144 e. The minimum atomic E-state index is 0.263. The molecule has 0 N–H and O–H groups in total. The molecule has 0 amide bonds. The van der Waals surface area contributed by atoms with Crippen molar-refractivity contribution in [1.82, 2.24) is 19.4 Å². The lowest BCUT2D eigenvalue weighted by Crippen LogP contribution is -2.46. The minimum Gasteiger partial charge on any atom is -0.491 e. The number of rotatable bonds is 3. The number of benzene rings is 1. The van der Waals surface area contributed by atoms with E-state index in [4.69, 9.17) is 9.72 Å². The van der Waals surface area contributed by atoms with Gasteiger partial charge in [0.25, 0.3) is 0 Å². The van der Waals surface area contributed by atoms with E-state index in [9.17, 15) is 0 Å². The number of hydrogen-bond acceptors (Lipinski definition) is 5. The Bertz CT molecular complexity index is 1050. The summed E-state index contributed by atoms with van der Waals surface area (Å²) in [6.45, 7) is 10.7. The molecule has 0 spiro atoms. The van der Waals surface area contributed by atoms with Gasteiger partial charge in [-0.2, -0.15) is 0 Å². The van der Waals surface area contributed by atoms with Gasteiger partial charge in [0.2, 0.25) is 0 Å². The molecule has 31 heavy (non-hydrogen) atoms. The van der Waals surface area contributed by atoms with E-state index in [0.29, 0.717) is 11.9 Å². The summed E-state index contributed by atoms with van der Waals surface area (Å²) >= 11 is 2.00. The van der Waals surface area contributed by atoms with E-state index in [1.54, 1.807) is 0 Å². The van der Waals surface area contributed by atoms with Gasteiger partial charge in [-0.05, 0) is 77.0 Å². The summed E-state index contributed by atoms with van der Waals surface area (Å²) in [7, 11) is 0. The van der Waals surface area contributed by atoms with Crippen LogP contribution in [0.2, 0.25) is 0 Å². The number of ether oxygens (including phenoxy) is 1. The van der Waals surface area contributed by atoms with E-state index in [1.165, 1.54) is 30.8 Å². The van der Waals surface area contributed by atoms with Gasteiger partial charge in [0, 0.05) is 28.1 Å². The van der Waals surface area contributed by atoms with Crippen LogP contribution < -0.4 is 4.74 Å². The Balaban J connectivity index is 1.39. The van der Waals surface area contributed by atoms with Crippen LogP contribution >= 0.6 is 11.8 Å². The maximum Gasteiger partial charge on any atom is 0.144 e. The van der Waals surface area contributed by atoms with Crippen LogP contribution in [-0.2, 0) is 6.54 Å². The summed E-state index contributed by atoms with van der Waals surface area (Å²) in [6.07, 6.45) is 6.37. The molecule has 0 unspecified atom stereocenters. The second-order valence-electron chi connectivity index (χ2n) is 9.34. The van der Waals surface area contributed by atoms with E-state index in [-0.39, 0.29) is 5.54 Å². The summed E-state index contributed by atoms with van der Waals surface area (Å²) in [4.78, 5) is 13.3. The maximum absolute atomic E-state index is 6.04. The molecule has 2 aliphatic rings. The Labute approximate surface area is 188 Å². The van der Waals surface area contributed by atoms with Gasteiger partial charge < -0.3 is 9.30 Å². The van der Waals surface area contributed by atoms with Crippen LogP contribution in [0.4, 0.5) is 0 Å². The minimum absolute atomic E-state index is 0.263. The largest absolute Gasteiger partial charge is 0.491 e. The van der Waals surface area contributed by atoms with Crippen molar-refractivity contribution in [3.63, 3.8) is 0 Å². The van der Waals surface area contributed by atoms with Gasteiger partial charge in [-0.15, -0.1) is 11.8 Å². The van der Waals surface area contributed by atoms with Crippen LogP contribution in [-0.4, -0.2) is 49.9 Å². The van der Waals surface area contributed by atoms with Crippen molar-refractivity contribution in [2.45, 2.75) is 55.8 Å². The topological polar surface area (TPSA) is 43.2 Å². The molecule has 4 heterocycles. The van der Waals surface area contributed by atoms with Gasteiger partial charge in [0.1, 0.15) is 23.9 Å². The van der Waals surface area contributed by atoms with Gasteiger partial charge in [0.05, 0.1) is 17.8 Å². The number of nitrogens with zero attached hydrogens (tertiary/aromatic N) is 4. The van der Waals surface area contributed by atoms with Gasteiger partial charge in [-0.25, -0.2) is 4.98 Å². The van der Waals surface area contributed by atoms with Gasteiger partial charge >= 0.3 is 0 Å². The highest BCUT2D eigenvalue weighted by Gasteiger charge is 2.28. The molecular formula is C25H30N4OS. The van der Waals surface area contributed by atoms with Crippen LogP contribution in [0.3, 0.4) is 0 Å². The fourth-order valence-corrected chi connectivity index (χ4v) is 5.58. The monoisotopic (exact) mass is 434 g/mol. The molecule has 1 aromatic carbocycles. The number of hydrogen-bond donors (Lipinski definition) is 0. The third-order valence-corrected chi connectivity index (χ3v) is 7.51. The van der Waals surface area contributed by atoms with Crippen molar-refractivity contribution in [2.24, 2.45) is 0 Å². The first kappa shape index (κ1) is 20.6. The number of thioether (sulfide) groups is 1. The predicted molar refractivity (Wildman–Crippen MR) is 127 cm³/mol. The lowest BCUT2D eigenvalue weighted by molar-refractivity contribution is 0.113. The van der Waals surface area contributed by atoms with Crippen molar-refractivity contribution in [2.75, 3.05) is 19.7 Å². The Morgan fingerprint density at radius 2 is 1.87 bits per heavy atom. The van der Waals surface area contributed by atoms with Crippen molar-refractivity contribution >= 4 is 11.8 Å². The first-order chi connectivity index (χ1) is 15.0. The molecular weight excluding hydrogens is 404 g/mol. The summed E-state index contributed by atoms with van der Waals surface area (Å²) in [6, 6.07) is 12.5. The fourth-order valence-electron chi connectivity index (χ4n) is 4.41. The Morgan fingerprint density at radius 1 is 1.03 bits per heavy atom. The Kier molecular flexibility index (Phi) is 5.52. The molecule has 162 valence electrons. The zero-order valence-electron chi connectivity index (χ0n) is 18.5. The van der Waals surface area contributed by atoms with Crippen LogP contribution in [0.25, 0.3) is 22.8 Å². The standard InChI is InChI=1S/C25H30N4OS/c1-25(2,3)29-12-9-18(10-13-29)31-19-7-8-23-20(16-19)24-27-22(17-28(24)14-15-30-23)21-6-4-5-11-26-21/h4-8,11,16-18H,9-10,12-15H2,1-3H3. The van der Waals surface area contributed by atoms with Gasteiger partial charge in [-0.1, -0.05) is 6.07 Å². The number of pyridine rings is 1. The average Bonchev–Trinajstić information content (AvgIpc) is 3.12. The molecule has 6 heteroatoms. The highest BCUT2D eigenvalue weighted by Crippen LogP contribution is 2.39. The Morgan fingerprint density at radius 3 is 2.61 bits per heavy atom. The maximum atomic E-state index is 6.04.